The second-order valence-electron chi connectivity index (χ2n) is 4.57. The average molecular weight is 376 g/mol. The number of carbonyl (C=O) groups is 1. The second-order valence-corrected chi connectivity index (χ2v) is 5.82. The highest BCUT2D eigenvalue weighted by Crippen LogP contribution is 2.22. The third-order valence-corrected chi connectivity index (χ3v) is 3.80. The van der Waals surface area contributed by atoms with Crippen LogP contribution in [0.15, 0.2) is 18.2 Å². The van der Waals surface area contributed by atoms with E-state index in [2.05, 4.69) is 22.6 Å². The van der Waals surface area contributed by atoms with E-state index in [9.17, 15) is 4.79 Å². The van der Waals surface area contributed by atoms with Crippen LogP contribution in [0.1, 0.15) is 36.0 Å². The van der Waals surface area contributed by atoms with Crippen molar-refractivity contribution in [3.05, 3.63) is 27.3 Å². The molecule has 0 aromatic heterocycles. The molecule has 2 rings (SSSR count). The molecule has 1 unspecified atom stereocenters. The van der Waals surface area contributed by atoms with E-state index >= 15 is 0 Å². The average Bonchev–Trinajstić information content (AvgIpc) is 2.89. The fourth-order valence-corrected chi connectivity index (χ4v) is 2.65. The zero-order chi connectivity index (χ0) is 13.7. The molecule has 0 aliphatic carbocycles. The van der Waals surface area contributed by atoms with E-state index < -0.39 is 5.97 Å². The number of carboxylic acids is 1. The molecule has 1 aromatic rings. The van der Waals surface area contributed by atoms with Gasteiger partial charge in [-0.05, 0) is 66.5 Å². The van der Waals surface area contributed by atoms with Gasteiger partial charge in [0.15, 0.2) is 0 Å². The van der Waals surface area contributed by atoms with Gasteiger partial charge in [-0.1, -0.05) is 0 Å². The zero-order valence-electron chi connectivity index (χ0n) is 10.6. The van der Waals surface area contributed by atoms with Gasteiger partial charge in [-0.15, -0.1) is 0 Å². The molecule has 1 heterocycles. The molecule has 0 bridgehead atoms. The monoisotopic (exact) mass is 376 g/mol. The molecule has 0 spiro atoms. The first-order valence-electron chi connectivity index (χ1n) is 6.44. The summed E-state index contributed by atoms with van der Waals surface area (Å²) in [5.41, 5.74) is 0.226. The van der Waals surface area contributed by atoms with Gasteiger partial charge in [-0.3, -0.25) is 0 Å². The summed E-state index contributed by atoms with van der Waals surface area (Å²) in [6.45, 7) is 1.40. The minimum Gasteiger partial charge on any atom is -0.493 e. The Kier molecular flexibility index (Phi) is 5.45. The molecule has 1 aromatic carbocycles. The first kappa shape index (κ1) is 14.6. The number of aromatic carboxylic acids is 1. The van der Waals surface area contributed by atoms with E-state index in [-0.39, 0.29) is 5.56 Å². The van der Waals surface area contributed by atoms with Crippen molar-refractivity contribution in [1.29, 1.82) is 0 Å². The van der Waals surface area contributed by atoms with Gasteiger partial charge >= 0.3 is 5.97 Å². The summed E-state index contributed by atoms with van der Waals surface area (Å²) in [4.78, 5) is 11.1. The molecule has 5 heteroatoms. The minimum absolute atomic E-state index is 0.226. The summed E-state index contributed by atoms with van der Waals surface area (Å²) in [6.07, 6.45) is 4.50. The highest BCUT2D eigenvalue weighted by Gasteiger charge is 2.15. The fourth-order valence-electron chi connectivity index (χ4n) is 2.16. The number of hydrogen-bond donors (Lipinski definition) is 1. The number of ether oxygens (including phenoxy) is 2. The number of benzene rings is 1. The first-order valence-corrected chi connectivity index (χ1v) is 7.52. The molecule has 1 aliphatic rings. The van der Waals surface area contributed by atoms with Gasteiger partial charge in [0.2, 0.25) is 0 Å². The van der Waals surface area contributed by atoms with E-state index in [1.807, 2.05) is 6.07 Å². The summed E-state index contributed by atoms with van der Waals surface area (Å²) in [5.74, 6) is -0.507. The molecule has 1 atom stereocenters. The van der Waals surface area contributed by atoms with Crippen LogP contribution >= 0.6 is 22.6 Å². The third-order valence-electron chi connectivity index (χ3n) is 3.12. The summed E-state index contributed by atoms with van der Waals surface area (Å²) in [6, 6.07) is 5.19. The van der Waals surface area contributed by atoms with Crippen molar-refractivity contribution in [2.24, 2.45) is 0 Å². The van der Waals surface area contributed by atoms with Crippen LogP contribution in [0.3, 0.4) is 0 Å². The normalized spacial score (nSPS) is 18.5. The van der Waals surface area contributed by atoms with Gasteiger partial charge in [0, 0.05) is 10.2 Å². The van der Waals surface area contributed by atoms with Crippen LogP contribution in [0.4, 0.5) is 0 Å². The Hall–Kier alpha value is -0.820. The number of carboxylic acid groups (broad SMARTS) is 1. The summed E-state index contributed by atoms with van der Waals surface area (Å²) in [7, 11) is 0. The predicted octanol–water partition coefficient (Wildman–Crippen LogP) is 3.33. The number of halogens is 1. The van der Waals surface area contributed by atoms with Crippen molar-refractivity contribution in [2.75, 3.05) is 13.2 Å². The molecular formula is C14H17IO4. The zero-order valence-corrected chi connectivity index (χ0v) is 12.8. The lowest BCUT2D eigenvalue weighted by atomic mass is 10.1. The lowest BCUT2D eigenvalue weighted by molar-refractivity contribution is 0.0690. The highest BCUT2D eigenvalue weighted by molar-refractivity contribution is 14.1. The SMILES string of the molecule is O=C(O)c1cc(I)ccc1OCCCC1CCCO1. The van der Waals surface area contributed by atoms with Gasteiger partial charge in [-0.2, -0.15) is 0 Å². The van der Waals surface area contributed by atoms with Crippen LogP contribution in [0.25, 0.3) is 0 Å². The van der Waals surface area contributed by atoms with Crippen molar-refractivity contribution in [1.82, 2.24) is 0 Å². The first-order chi connectivity index (χ1) is 9.16. The van der Waals surface area contributed by atoms with E-state index in [0.717, 1.165) is 35.9 Å². The fraction of sp³-hybridized carbons (Fsp3) is 0.500. The van der Waals surface area contributed by atoms with E-state index in [1.165, 1.54) is 0 Å². The number of hydrogen-bond acceptors (Lipinski definition) is 3. The largest absolute Gasteiger partial charge is 0.493 e. The lowest BCUT2D eigenvalue weighted by Gasteiger charge is -2.11. The van der Waals surface area contributed by atoms with Crippen molar-refractivity contribution < 1.29 is 19.4 Å². The van der Waals surface area contributed by atoms with E-state index in [1.54, 1.807) is 12.1 Å². The van der Waals surface area contributed by atoms with E-state index in [4.69, 9.17) is 14.6 Å². The van der Waals surface area contributed by atoms with Crippen LogP contribution in [0.5, 0.6) is 5.75 Å². The maximum atomic E-state index is 11.1. The Morgan fingerprint density at radius 1 is 1.53 bits per heavy atom. The molecule has 4 nitrogen and oxygen atoms in total. The molecule has 1 saturated heterocycles. The Morgan fingerprint density at radius 3 is 3.05 bits per heavy atom. The summed E-state index contributed by atoms with van der Waals surface area (Å²) < 4.78 is 12.0. The van der Waals surface area contributed by atoms with Crippen molar-refractivity contribution >= 4 is 28.6 Å². The quantitative estimate of drug-likeness (QED) is 0.611. The Bertz CT molecular complexity index is 441. The molecule has 19 heavy (non-hydrogen) atoms. The smallest absolute Gasteiger partial charge is 0.339 e. The van der Waals surface area contributed by atoms with Crippen LogP contribution in [-0.4, -0.2) is 30.4 Å². The highest BCUT2D eigenvalue weighted by atomic mass is 127. The Labute approximate surface area is 126 Å². The van der Waals surface area contributed by atoms with Crippen LogP contribution in [-0.2, 0) is 4.74 Å². The summed E-state index contributed by atoms with van der Waals surface area (Å²) in [5, 5.41) is 9.12. The lowest BCUT2D eigenvalue weighted by Crippen LogP contribution is -2.09. The van der Waals surface area contributed by atoms with Gasteiger partial charge in [0.25, 0.3) is 0 Å². The van der Waals surface area contributed by atoms with Gasteiger partial charge in [-0.25, -0.2) is 4.79 Å². The van der Waals surface area contributed by atoms with E-state index in [0.29, 0.717) is 18.5 Å². The molecule has 0 saturated carbocycles. The molecule has 0 radical (unpaired) electrons. The van der Waals surface area contributed by atoms with Crippen molar-refractivity contribution in [3.8, 4) is 5.75 Å². The van der Waals surface area contributed by atoms with Gasteiger partial charge < -0.3 is 14.6 Å². The molecular weight excluding hydrogens is 359 g/mol. The molecule has 1 aliphatic heterocycles. The predicted molar refractivity (Wildman–Crippen MR) is 79.8 cm³/mol. The Morgan fingerprint density at radius 2 is 2.37 bits per heavy atom. The Balaban J connectivity index is 1.83. The molecule has 1 N–H and O–H groups in total. The third kappa shape index (κ3) is 4.35. The van der Waals surface area contributed by atoms with Gasteiger partial charge in [0.05, 0.1) is 12.7 Å². The van der Waals surface area contributed by atoms with Gasteiger partial charge in [0.1, 0.15) is 11.3 Å². The minimum atomic E-state index is -0.951. The second kappa shape index (κ2) is 7.09. The van der Waals surface area contributed by atoms with Crippen LogP contribution < -0.4 is 4.74 Å². The number of rotatable bonds is 6. The standard InChI is InChI=1S/C14H17IO4/c15-10-5-6-13(12(9-10)14(16)17)19-8-2-4-11-3-1-7-18-11/h5-6,9,11H,1-4,7-8H2,(H,16,17). The maximum Gasteiger partial charge on any atom is 0.339 e. The van der Waals surface area contributed by atoms with Crippen molar-refractivity contribution in [3.63, 3.8) is 0 Å². The van der Waals surface area contributed by atoms with Crippen LogP contribution in [0, 0.1) is 3.57 Å². The molecule has 104 valence electrons. The summed E-state index contributed by atoms with van der Waals surface area (Å²) >= 11 is 2.09. The van der Waals surface area contributed by atoms with Crippen LogP contribution in [0.2, 0.25) is 0 Å². The van der Waals surface area contributed by atoms with Crippen molar-refractivity contribution in [2.45, 2.75) is 31.8 Å². The molecule has 0 amide bonds. The topological polar surface area (TPSA) is 55.8 Å². The maximum absolute atomic E-state index is 11.1. The molecule has 1 fully saturated rings.